The van der Waals surface area contributed by atoms with E-state index in [1.54, 1.807) is 0 Å². The number of carboxylic acid groups (broad SMARTS) is 2. The Morgan fingerprint density at radius 1 is 1.05 bits per heavy atom. The van der Waals surface area contributed by atoms with Crippen molar-refractivity contribution >= 4 is 11.9 Å². The zero-order chi connectivity index (χ0) is 15.0. The van der Waals surface area contributed by atoms with Crippen LogP contribution in [0, 0.1) is 5.92 Å². The summed E-state index contributed by atoms with van der Waals surface area (Å²) in [6, 6.07) is 0. The van der Waals surface area contributed by atoms with Crippen LogP contribution in [-0.4, -0.2) is 53.7 Å². The zero-order valence-corrected chi connectivity index (χ0v) is 13.7. The molecule has 0 radical (unpaired) electrons. The van der Waals surface area contributed by atoms with Gasteiger partial charge in [0.1, 0.15) is 18.6 Å². The van der Waals surface area contributed by atoms with Gasteiger partial charge in [-0.25, -0.2) is 0 Å². The molecule has 2 atom stereocenters. The fourth-order valence-corrected chi connectivity index (χ4v) is 1.41. The van der Waals surface area contributed by atoms with Crippen molar-refractivity contribution in [3.05, 3.63) is 0 Å². The van der Waals surface area contributed by atoms with Crippen LogP contribution in [0.5, 0.6) is 0 Å². The van der Waals surface area contributed by atoms with Crippen molar-refractivity contribution in [3.63, 3.8) is 0 Å². The maximum Gasteiger partial charge on any atom is 0.314 e. The summed E-state index contributed by atoms with van der Waals surface area (Å²) in [6.45, 7) is 5.06. The van der Waals surface area contributed by atoms with Gasteiger partial charge in [-0.1, -0.05) is 13.8 Å². The molecule has 122 valence electrons. The topological polar surface area (TPSA) is 145 Å². The number of hydrogen-bond donors (Lipinski definition) is 4. The Bertz CT molecular complexity index is 279. The summed E-state index contributed by atoms with van der Waals surface area (Å²) in [5.74, 6) is -2.27. The number of hydrogen-bond acceptors (Lipinski definition) is 6. The summed E-state index contributed by atoms with van der Waals surface area (Å²) in [5, 5.41) is 15.4. The Morgan fingerprint density at radius 2 is 1.40 bits per heavy atom. The average molecular weight is 473 g/mol. The van der Waals surface area contributed by atoms with Gasteiger partial charge in [0.2, 0.25) is 0 Å². The molecule has 0 aliphatic carbocycles. The number of nitrogens with two attached hydrogens (primary N) is 2. The predicted octanol–water partition coefficient (Wildman–Crippen LogP) is -0.787. The van der Waals surface area contributed by atoms with Crippen LogP contribution >= 0.6 is 0 Å². The minimum Gasteiger partial charge on any atom is -0.481 e. The van der Waals surface area contributed by atoms with E-state index in [0.29, 0.717) is 19.0 Å². The monoisotopic (exact) mass is 473 g/mol. The Labute approximate surface area is 132 Å². The Kier molecular flexibility index (Phi) is 12.1. The first-order valence-electron chi connectivity index (χ1n) is 5.96. The van der Waals surface area contributed by atoms with Crippen molar-refractivity contribution in [2.45, 2.75) is 38.8 Å². The third kappa shape index (κ3) is 8.60. The molecule has 8 nitrogen and oxygen atoms in total. The van der Waals surface area contributed by atoms with Gasteiger partial charge in [-0.15, -0.1) is 0 Å². The molecule has 0 saturated carbocycles. The van der Waals surface area contributed by atoms with Crippen LogP contribution in [-0.2, 0) is 40.1 Å². The van der Waals surface area contributed by atoms with E-state index >= 15 is 0 Å². The minimum atomic E-state index is -1.31. The van der Waals surface area contributed by atoms with Gasteiger partial charge in [-0.2, -0.15) is 0 Å². The molecule has 6 N–H and O–H groups in total. The summed E-state index contributed by atoms with van der Waals surface area (Å²) in [5.41, 5.74) is 11.0. The van der Waals surface area contributed by atoms with E-state index in [2.05, 4.69) is 13.8 Å². The maximum atomic E-state index is 9.43. The molecule has 9 heteroatoms. The van der Waals surface area contributed by atoms with Gasteiger partial charge in [-0.05, 0) is 0 Å². The molecule has 20 heavy (non-hydrogen) atoms. The van der Waals surface area contributed by atoms with Crippen molar-refractivity contribution in [2.75, 3.05) is 13.1 Å². The molecule has 0 aromatic carbocycles. The fourth-order valence-electron chi connectivity index (χ4n) is 1.41. The van der Waals surface area contributed by atoms with Crippen LogP contribution < -0.4 is 11.5 Å². The van der Waals surface area contributed by atoms with E-state index in [4.69, 9.17) is 31.2 Å². The van der Waals surface area contributed by atoms with Crippen molar-refractivity contribution < 1.29 is 50.3 Å². The number of rotatable bonds is 5. The van der Waals surface area contributed by atoms with Crippen molar-refractivity contribution in [2.24, 2.45) is 17.4 Å². The number of carboxylic acids is 2. The Balaban J connectivity index is 0. The van der Waals surface area contributed by atoms with Crippen LogP contribution in [0.3, 0.4) is 0 Å². The average Bonchev–Trinajstić information content (AvgIpc) is 2.71. The first-order valence-corrected chi connectivity index (χ1v) is 5.96. The van der Waals surface area contributed by atoms with Gasteiger partial charge in [-0.3, -0.25) is 9.59 Å². The molecule has 0 spiro atoms. The maximum absolute atomic E-state index is 9.43. The summed E-state index contributed by atoms with van der Waals surface area (Å²) in [7, 11) is 0. The quantitative estimate of drug-likeness (QED) is 0.381. The van der Waals surface area contributed by atoms with Gasteiger partial charge >= 0.3 is 11.9 Å². The summed E-state index contributed by atoms with van der Waals surface area (Å²) < 4.78 is 11.1. The van der Waals surface area contributed by atoms with Crippen LogP contribution in [0.15, 0.2) is 0 Å². The van der Waals surface area contributed by atoms with E-state index in [1.807, 2.05) is 0 Å². The van der Waals surface area contributed by atoms with E-state index < -0.39 is 18.4 Å². The molecular weight excluding hydrogens is 451 g/mol. The van der Waals surface area contributed by atoms with Gasteiger partial charge < -0.3 is 31.2 Å². The van der Waals surface area contributed by atoms with Gasteiger partial charge in [0, 0.05) is 40.1 Å². The molecule has 0 amide bonds. The number of aliphatic carboxylic acids is 2. The molecule has 1 aliphatic rings. The molecule has 0 aromatic heterocycles. The third-order valence-corrected chi connectivity index (χ3v) is 2.34. The predicted molar refractivity (Wildman–Crippen MR) is 66.4 cm³/mol. The number of ether oxygens (including phenoxy) is 2. The molecule has 1 rings (SSSR count). The van der Waals surface area contributed by atoms with Gasteiger partial charge in [0.25, 0.3) is 0 Å². The fraction of sp³-hybridized carbons (Fsp3) is 0.818. The third-order valence-electron chi connectivity index (χ3n) is 2.34. The van der Waals surface area contributed by atoms with E-state index in [9.17, 15) is 9.59 Å². The van der Waals surface area contributed by atoms with Crippen LogP contribution in [0.4, 0.5) is 0 Å². The first-order chi connectivity index (χ1) is 8.81. The van der Waals surface area contributed by atoms with Crippen molar-refractivity contribution in [1.82, 2.24) is 0 Å². The standard InChI is InChI=1S/C8H18N2O2.C3H4O4.Pt/c1-5(2)8-11-6(3-9)7(4-10)12-8;4-2(5)1-3(6)7;/h5-8H,3-4,9-10H2,1-2H3;1H2,(H,4,5)(H,6,7);. The summed E-state index contributed by atoms with van der Waals surface area (Å²) >= 11 is 0. The van der Waals surface area contributed by atoms with Crippen molar-refractivity contribution in [3.8, 4) is 0 Å². The molecule has 1 heterocycles. The second-order valence-electron chi connectivity index (χ2n) is 4.40. The smallest absolute Gasteiger partial charge is 0.314 e. The largest absolute Gasteiger partial charge is 0.481 e. The first kappa shape index (κ1) is 21.8. The molecule has 1 saturated heterocycles. The zero-order valence-electron chi connectivity index (χ0n) is 11.4. The van der Waals surface area contributed by atoms with Gasteiger partial charge in [0.05, 0.1) is 0 Å². The Morgan fingerprint density at radius 3 is 1.55 bits per heavy atom. The molecule has 0 aromatic rings. The van der Waals surface area contributed by atoms with Crippen LogP contribution in [0.2, 0.25) is 0 Å². The summed E-state index contributed by atoms with van der Waals surface area (Å²) in [6.07, 6.45) is -0.989. The second-order valence-corrected chi connectivity index (χ2v) is 4.40. The van der Waals surface area contributed by atoms with E-state index in [0.717, 1.165) is 0 Å². The van der Waals surface area contributed by atoms with Crippen LogP contribution in [0.1, 0.15) is 20.3 Å². The minimum absolute atomic E-state index is 0. The normalized spacial score (nSPS) is 24.6. The van der Waals surface area contributed by atoms with E-state index in [1.165, 1.54) is 0 Å². The van der Waals surface area contributed by atoms with E-state index in [-0.39, 0.29) is 39.6 Å². The molecule has 1 aliphatic heterocycles. The van der Waals surface area contributed by atoms with Crippen molar-refractivity contribution in [1.29, 1.82) is 0 Å². The SMILES string of the molecule is CC(C)C1OC(CN)C(CN)O1.O=C(O)CC(=O)O.[Pt]. The van der Waals surface area contributed by atoms with Gasteiger partial charge in [0.15, 0.2) is 6.29 Å². The molecule has 2 unspecified atom stereocenters. The summed E-state index contributed by atoms with van der Waals surface area (Å²) in [4.78, 5) is 18.9. The number of carbonyl (C=O) groups is 2. The second kappa shape index (κ2) is 11.2. The molecule has 0 bridgehead atoms. The molecule has 1 fully saturated rings. The Hall–Kier alpha value is -0.532. The van der Waals surface area contributed by atoms with Crippen LogP contribution in [0.25, 0.3) is 0 Å². The molecular formula is C11H22N2O6Pt.